The van der Waals surface area contributed by atoms with Crippen LogP contribution in [0.4, 0.5) is 4.79 Å². The third-order valence-electron chi connectivity index (χ3n) is 4.19. The second-order valence-corrected chi connectivity index (χ2v) is 11.5. The molecule has 0 saturated heterocycles. The van der Waals surface area contributed by atoms with Crippen molar-refractivity contribution in [3.8, 4) is 0 Å². The molecule has 1 rings (SSSR count). The molecule has 0 heterocycles. The van der Waals surface area contributed by atoms with E-state index in [0.717, 1.165) is 12.7 Å². The number of rotatable bonds is 6. The highest BCUT2D eigenvalue weighted by atomic mass is 28.4. The van der Waals surface area contributed by atoms with Crippen LogP contribution in [0.1, 0.15) is 27.2 Å². The summed E-state index contributed by atoms with van der Waals surface area (Å²) in [5.41, 5.74) is 5.00. The third kappa shape index (κ3) is 4.31. The van der Waals surface area contributed by atoms with Crippen molar-refractivity contribution >= 4 is 20.7 Å². The molecule has 6 heteroatoms. The maximum absolute atomic E-state index is 10.8. The van der Waals surface area contributed by atoms with Crippen molar-refractivity contribution in [1.29, 1.82) is 0 Å². The predicted molar refractivity (Wildman–Crippen MR) is 75.3 cm³/mol. The average molecular weight is 287 g/mol. The van der Waals surface area contributed by atoms with Gasteiger partial charge in [-0.1, -0.05) is 20.8 Å². The molecule has 2 N–H and O–H groups in total. The lowest BCUT2D eigenvalue weighted by Crippen LogP contribution is -2.46. The Morgan fingerprint density at radius 3 is 2.42 bits per heavy atom. The van der Waals surface area contributed by atoms with Gasteiger partial charge in [0.2, 0.25) is 0 Å². The van der Waals surface area contributed by atoms with E-state index in [-0.39, 0.29) is 29.6 Å². The Kier molecular flexibility index (Phi) is 4.79. The van der Waals surface area contributed by atoms with Crippen LogP contribution in [0, 0.1) is 11.8 Å². The Morgan fingerprint density at radius 1 is 1.47 bits per heavy atom. The lowest BCUT2D eigenvalue weighted by Gasteiger charge is -2.39. The van der Waals surface area contributed by atoms with Gasteiger partial charge in [-0.25, -0.2) is 4.79 Å². The number of primary amides is 1. The van der Waals surface area contributed by atoms with Crippen molar-refractivity contribution < 1.29 is 18.8 Å². The summed E-state index contributed by atoms with van der Waals surface area (Å²) in [6, 6.07) is 0. The number of nitrogens with two attached hydrogens (primary N) is 1. The summed E-state index contributed by atoms with van der Waals surface area (Å²) in [7, 11) is -1.95. The Morgan fingerprint density at radius 2 is 2.05 bits per heavy atom. The minimum Gasteiger partial charge on any atom is -0.447 e. The normalized spacial score (nSPS) is 24.7. The zero-order valence-electron chi connectivity index (χ0n) is 12.4. The van der Waals surface area contributed by atoms with Crippen LogP contribution in [0.25, 0.3) is 0 Å². The molecule has 0 aromatic carbocycles. The zero-order chi connectivity index (χ0) is 14.8. The van der Waals surface area contributed by atoms with Crippen LogP contribution >= 0.6 is 0 Å². The Labute approximate surface area is 116 Å². The van der Waals surface area contributed by atoms with Crippen LogP contribution < -0.4 is 5.73 Å². The van der Waals surface area contributed by atoms with E-state index < -0.39 is 14.4 Å². The van der Waals surface area contributed by atoms with E-state index in [0.29, 0.717) is 0 Å². The lowest BCUT2D eigenvalue weighted by molar-refractivity contribution is -0.109. The number of carbonyl (C=O) groups is 2. The number of aldehydes is 1. The van der Waals surface area contributed by atoms with Crippen LogP contribution in [0.15, 0.2) is 0 Å². The minimum absolute atomic E-state index is 0.0336. The third-order valence-corrected chi connectivity index (χ3v) is 8.69. The second-order valence-electron chi connectivity index (χ2n) is 6.75. The smallest absolute Gasteiger partial charge is 0.404 e. The number of hydrogen-bond acceptors (Lipinski definition) is 4. The van der Waals surface area contributed by atoms with E-state index in [1.807, 2.05) is 0 Å². The van der Waals surface area contributed by atoms with Gasteiger partial charge in [-0.2, -0.15) is 0 Å². The zero-order valence-corrected chi connectivity index (χ0v) is 13.4. The summed E-state index contributed by atoms with van der Waals surface area (Å²) in [4.78, 5) is 21.6. The standard InChI is InChI=1S/C13H25NO4Si/c1-13(2,3)19(4,5)18-11(8-17-12(14)16)10-6-9(10)7-15/h7,9-11H,6,8H2,1-5H3,(H2,14,16)/t9-,10+,11?/m1/s1. The molecule has 1 aliphatic carbocycles. The van der Waals surface area contributed by atoms with E-state index in [4.69, 9.17) is 14.9 Å². The van der Waals surface area contributed by atoms with Gasteiger partial charge in [0, 0.05) is 5.92 Å². The molecule has 1 aliphatic rings. The molecule has 110 valence electrons. The van der Waals surface area contributed by atoms with Crippen LogP contribution in [-0.2, 0) is 14.0 Å². The minimum atomic E-state index is -1.95. The van der Waals surface area contributed by atoms with Crippen molar-refractivity contribution in [1.82, 2.24) is 0 Å². The average Bonchev–Trinajstić information content (AvgIpc) is 3.01. The summed E-state index contributed by atoms with van der Waals surface area (Å²) >= 11 is 0. The molecule has 0 aromatic rings. The molecule has 5 nitrogen and oxygen atoms in total. The van der Waals surface area contributed by atoms with Crippen molar-refractivity contribution in [2.75, 3.05) is 6.61 Å². The predicted octanol–water partition coefficient (Wildman–Crippen LogP) is 2.31. The first-order valence-corrected chi connectivity index (χ1v) is 9.54. The first kappa shape index (κ1) is 16.2. The maximum atomic E-state index is 10.8. The van der Waals surface area contributed by atoms with Gasteiger partial charge in [0.05, 0.1) is 6.10 Å². The summed E-state index contributed by atoms with van der Waals surface area (Å²) in [5.74, 6) is 0.192. The van der Waals surface area contributed by atoms with Crippen LogP contribution in [0.2, 0.25) is 18.1 Å². The van der Waals surface area contributed by atoms with Crippen molar-refractivity contribution in [3.05, 3.63) is 0 Å². The van der Waals surface area contributed by atoms with E-state index >= 15 is 0 Å². The first-order valence-electron chi connectivity index (χ1n) is 6.64. The number of amides is 1. The van der Waals surface area contributed by atoms with Gasteiger partial charge in [0.15, 0.2) is 8.32 Å². The molecule has 3 atom stereocenters. The van der Waals surface area contributed by atoms with Gasteiger partial charge in [-0.15, -0.1) is 0 Å². The molecule has 0 aromatic heterocycles. The molecule has 1 unspecified atom stereocenters. The fraction of sp³-hybridized carbons (Fsp3) is 0.846. The maximum Gasteiger partial charge on any atom is 0.404 e. The lowest BCUT2D eigenvalue weighted by atomic mass is 10.2. The number of hydrogen-bond donors (Lipinski definition) is 1. The van der Waals surface area contributed by atoms with Crippen LogP contribution in [-0.4, -0.2) is 33.4 Å². The van der Waals surface area contributed by atoms with Crippen LogP contribution in [0.3, 0.4) is 0 Å². The SMILES string of the molecule is CC(C)(C)[Si](C)(C)OC(COC(N)=O)[C@H]1C[C@@H]1C=O. The Bertz CT molecular complexity index is 351. The molecule has 1 fully saturated rings. The molecule has 0 radical (unpaired) electrons. The van der Waals surface area contributed by atoms with Gasteiger partial charge in [0.25, 0.3) is 0 Å². The Hall–Kier alpha value is -0.883. The molecule has 0 spiro atoms. The number of ether oxygens (including phenoxy) is 1. The van der Waals surface area contributed by atoms with E-state index in [1.165, 1.54) is 0 Å². The molecule has 1 saturated carbocycles. The number of carbonyl (C=O) groups excluding carboxylic acids is 2. The highest BCUT2D eigenvalue weighted by molar-refractivity contribution is 6.74. The van der Waals surface area contributed by atoms with Gasteiger partial charge in [-0.3, -0.25) is 0 Å². The highest BCUT2D eigenvalue weighted by Gasteiger charge is 2.48. The summed E-state index contributed by atoms with van der Waals surface area (Å²) < 4.78 is 11.1. The van der Waals surface area contributed by atoms with Crippen molar-refractivity contribution in [2.24, 2.45) is 17.6 Å². The summed E-state index contributed by atoms with van der Waals surface area (Å²) in [6.07, 6.45) is 0.748. The summed E-state index contributed by atoms with van der Waals surface area (Å²) in [6.45, 7) is 10.9. The fourth-order valence-corrected chi connectivity index (χ4v) is 3.14. The highest BCUT2D eigenvalue weighted by Crippen LogP contribution is 2.45. The topological polar surface area (TPSA) is 78.6 Å². The largest absolute Gasteiger partial charge is 0.447 e. The van der Waals surface area contributed by atoms with Crippen molar-refractivity contribution in [3.63, 3.8) is 0 Å². The molecule has 1 amide bonds. The summed E-state index contributed by atoms with van der Waals surface area (Å²) in [5, 5.41) is 0.0730. The molecule has 0 bridgehead atoms. The molecule has 0 aliphatic heterocycles. The van der Waals surface area contributed by atoms with E-state index in [1.54, 1.807) is 0 Å². The molecule has 19 heavy (non-hydrogen) atoms. The first-order chi connectivity index (χ1) is 8.58. The Balaban J connectivity index is 2.69. The molecular formula is C13H25NO4Si. The van der Waals surface area contributed by atoms with Gasteiger partial charge >= 0.3 is 6.09 Å². The fourth-order valence-electron chi connectivity index (χ4n) is 1.78. The van der Waals surface area contributed by atoms with Crippen LogP contribution in [0.5, 0.6) is 0 Å². The second kappa shape index (κ2) is 5.62. The van der Waals surface area contributed by atoms with Gasteiger partial charge in [0.1, 0.15) is 12.9 Å². The quantitative estimate of drug-likeness (QED) is 0.600. The van der Waals surface area contributed by atoms with Gasteiger partial charge in [-0.05, 0) is 30.5 Å². The van der Waals surface area contributed by atoms with Crippen molar-refractivity contribution in [2.45, 2.75) is 51.4 Å². The monoisotopic (exact) mass is 287 g/mol. The van der Waals surface area contributed by atoms with Gasteiger partial charge < -0.3 is 19.7 Å². The van der Waals surface area contributed by atoms with E-state index in [9.17, 15) is 9.59 Å². The van der Waals surface area contributed by atoms with E-state index in [2.05, 4.69) is 33.9 Å². The molecular weight excluding hydrogens is 262 g/mol.